The lowest BCUT2D eigenvalue weighted by Crippen LogP contribution is -2.02. The number of carboxylic acid groups (broad SMARTS) is 1. The highest BCUT2D eigenvalue weighted by Gasteiger charge is 2.03. The van der Waals surface area contributed by atoms with Crippen LogP contribution in [0.2, 0.25) is 0 Å². The molecule has 0 aliphatic carbocycles. The highest BCUT2D eigenvalue weighted by atomic mass is 32.1. The van der Waals surface area contributed by atoms with Gasteiger partial charge in [0.2, 0.25) is 0 Å². The van der Waals surface area contributed by atoms with E-state index in [1.807, 2.05) is 0 Å². The Morgan fingerprint density at radius 1 is 1.41 bits per heavy atom. The fourth-order valence-electron chi connectivity index (χ4n) is 1.38. The van der Waals surface area contributed by atoms with Crippen molar-refractivity contribution in [2.75, 3.05) is 5.32 Å². The number of aryl methyl sites for hydroxylation is 1. The second kappa shape index (κ2) is 4.97. The largest absolute Gasteiger partial charge is 0.478 e. The van der Waals surface area contributed by atoms with Crippen LogP contribution in [0.5, 0.6) is 0 Å². The summed E-state index contributed by atoms with van der Waals surface area (Å²) >= 11 is 1.73. The van der Waals surface area contributed by atoms with Crippen LogP contribution in [0.4, 0.5) is 5.82 Å². The molecule has 0 bridgehead atoms. The van der Waals surface area contributed by atoms with Crippen molar-refractivity contribution in [2.24, 2.45) is 0 Å². The van der Waals surface area contributed by atoms with Crippen molar-refractivity contribution >= 4 is 23.1 Å². The van der Waals surface area contributed by atoms with Gasteiger partial charge in [-0.25, -0.2) is 9.78 Å². The molecule has 0 radical (unpaired) electrons. The van der Waals surface area contributed by atoms with E-state index < -0.39 is 5.97 Å². The molecule has 2 heterocycles. The maximum absolute atomic E-state index is 10.6. The van der Waals surface area contributed by atoms with Crippen LogP contribution in [-0.4, -0.2) is 16.1 Å². The van der Waals surface area contributed by atoms with Crippen LogP contribution in [0.25, 0.3) is 0 Å². The smallest absolute Gasteiger partial charge is 0.337 e. The van der Waals surface area contributed by atoms with E-state index in [-0.39, 0.29) is 5.56 Å². The summed E-state index contributed by atoms with van der Waals surface area (Å²) < 4.78 is 0. The minimum Gasteiger partial charge on any atom is -0.478 e. The van der Waals surface area contributed by atoms with Crippen LogP contribution in [-0.2, 0) is 6.54 Å². The zero-order valence-electron chi connectivity index (χ0n) is 9.30. The number of hydrogen-bond donors (Lipinski definition) is 2. The molecule has 0 fully saturated rings. The van der Waals surface area contributed by atoms with Crippen LogP contribution in [0.1, 0.15) is 20.1 Å². The van der Waals surface area contributed by atoms with Crippen LogP contribution >= 0.6 is 11.3 Å². The molecular formula is C12H12N2O2S. The topological polar surface area (TPSA) is 62.2 Å². The second-order valence-corrected chi connectivity index (χ2v) is 4.98. The monoisotopic (exact) mass is 248 g/mol. The maximum Gasteiger partial charge on any atom is 0.337 e. The molecule has 0 aliphatic rings. The van der Waals surface area contributed by atoms with E-state index in [1.54, 1.807) is 17.4 Å². The molecule has 2 aromatic rings. The van der Waals surface area contributed by atoms with Gasteiger partial charge in [0, 0.05) is 16.0 Å². The Hall–Kier alpha value is -1.88. The third-order valence-corrected chi connectivity index (χ3v) is 3.25. The highest BCUT2D eigenvalue weighted by Crippen LogP contribution is 2.16. The molecule has 0 atom stereocenters. The number of nitrogens with zero attached hydrogens (tertiary/aromatic N) is 1. The van der Waals surface area contributed by atoms with E-state index in [9.17, 15) is 4.79 Å². The summed E-state index contributed by atoms with van der Waals surface area (Å²) in [5.74, 6) is -0.279. The van der Waals surface area contributed by atoms with E-state index in [0.29, 0.717) is 12.4 Å². The zero-order chi connectivity index (χ0) is 12.3. The Bertz CT molecular complexity index is 520. The fourth-order valence-corrected chi connectivity index (χ4v) is 2.21. The molecule has 2 aromatic heterocycles. The molecule has 4 nitrogen and oxygen atoms in total. The van der Waals surface area contributed by atoms with Crippen LogP contribution < -0.4 is 5.32 Å². The quantitative estimate of drug-likeness (QED) is 0.873. The number of anilines is 1. The number of nitrogens with one attached hydrogen (secondary N) is 1. The number of thiophene rings is 1. The van der Waals surface area contributed by atoms with Gasteiger partial charge >= 0.3 is 5.97 Å². The molecule has 88 valence electrons. The first-order valence-electron chi connectivity index (χ1n) is 5.13. The van der Waals surface area contributed by atoms with E-state index in [4.69, 9.17) is 5.11 Å². The van der Waals surface area contributed by atoms with Crippen molar-refractivity contribution in [3.63, 3.8) is 0 Å². The van der Waals surface area contributed by atoms with Gasteiger partial charge in [-0.15, -0.1) is 11.3 Å². The van der Waals surface area contributed by atoms with Crippen molar-refractivity contribution in [2.45, 2.75) is 13.5 Å². The average molecular weight is 248 g/mol. The van der Waals surface area contributed by atoms with E-state index >= 15 is 0 Å². The summed E-state index contributed by atoms with van der Waals surface area (Å²) in [6.45, 7) is 2.77. The average Bonchev–Trinajstić information content (AvgIpc) is 2.73. The number of carboxylic acids is 1. The van der Waals surface area contributed by atoms with Gasteiger partial charge in [0.15, 0.2) is 0 Å². The second-order valence-electron chi connectivity index (χ2n) is 3.60. The predicted octanol–water partition coefficient (Wildman–Crippen LogP) is 2.76. The summed E-state index contributed by atoms with van der Waals surface area (Å²) in [7, 11) is 0. The summed E-state index contributed by atoms with van der Waals surface area (Å²) in [6.07, 6.45) is 1.35. The third kappa shape index (κ3) is 3.04. The fraction of sp³-hybridized carbons (Fsp3) is 0.167. The molecule has 0 spiro atoms. The van der Waals surface area contributed by atoms with Gasteiger partial charge in [0.1, 0.15) is 5.82 Å². The van der Waals surface area contributed by atoms with Crippen LogP contribution in [0.3, 0.4) is 0 Å². The maximum atomic E-state index is 10.6. The molecular weight excluding hydrogens is 236 g/mol. The number of aromatic carboxylic acids is 1. The van der Waals surface area contributed by atoms with Crippen molar-refractivity contribution in [1.82, 2.24) is 4.98 Å². The van der Waals surface area contributed by atoms with Gasteiger partial charge in [0.05, 0.1) is 12.1 Å². The van der Waals surface area contributed by atoms with Gasteiger partial charge in [-0.3, -0.25) is 0 Å². The van der Waals surface area contributed by atoms with Crippen molar-refractivity contribution in [3.8, 4) is 0 Å². The summed E-state index contributed by atoms with van der Waals surface area (Å²) in [5.41, 5.74) is 0.197. The standard InChI is InChI=1S/C12H12N2O2S/c1-8-2-4-10(17-8)7-14-11-5-3-9(6-13-11)12(15)16/h2-6H,7H2,1H3,(H,13,14)(H,15,16). The van der Waals surface area contributed by atoms with Gasteiger partial charge in [-0.1, -0.05) is 0 Å². The molecule has 2 N–H and O–H groups in total. The first-order chi connectivity index (χ1) is 8.15. The summed E-state index contributed by atoms with van der Waals surface area (Å²) in [4.78, 5) is 17.2. The Labute approximate surface area is 103 Å². The number of carbonyl (C=O) groups is 1. The van der Waals surface area contributed by atoms with E-state index in [2.05, 4.69) is 29.4 Å². The predicted molar refractivity (Wildman–Crippen MR) is 67.6 cm³/mol. The SMILES string of the molecule is Cc1ccc(CNc2ccc(C(=O)O)cn2)s1. The zero-order valence-corrected chi connectivity index (χ0v) is 10.1. The minimum atomic E-state index is -0.960. The molecule has 0 saturated carbocycles. The molecule has 0 aliphatic heterocycles. The number of hydrogen-bond acceptors (Lipinski definition) is 4. The Morgan fingerprint density at radius 2 is 2.24 bits per heavy atom. The Morgan fingerprint density at radius 3 is 2.76 bits per heavy atom. The first-order valence-corrected chi connectivity index (χ1v) is 5.95. The summed E-state index contributed by atoms with van der Waals surface area (Å²) in [6, 6.07) is 7.35. The van der Waals surface area contributed by atoms with Gasteiger partial charge in [-0.2, -0.15) is 0 Å². The van der Waals surface area contributed by atoms with Gasteiger partial charge in [-0.05, 0) is 31.2 Å². The highest BCUT2D eigenvalue weighted by molar-refractivity contribution is 7.11. The van der Waals surface area contributed by atoms with Crippen LogP contribution in [0.15, 0.2) is 30.5 Å². The van der Waals surface area contributed by atoms with E-state index in [1.165, 1.54) is 22.0 Å². The molecule has 17 heavy (non-hydrogen) atoms. The van der Waals surface area contributed by atoms with Crippen molar-refractivity contribution in [3.05, 3.63) is 45.8 Å². The lowest BCUT2D eigenvalue weighted by atomic mass is 10.3. The van der Waals surface area contributed by atoms with E-state index in [0.717, 1.165) is 0 Å². The molecule has 0 saturated heterocycles. The normalized spacial score (nSPS) is 10.2. The number of pyridine rings is 1. The van der Waals surface area contributed by atoms with Crippen molar-refractivity contribution < 1.29 is 9.90 Å². The number of aromatic nitrogens is 1. The summed E-state index contributed by atoms with van der Waals surface area (Å²) in [5, 5.41) is 11.9. The first kappa shape index (κ1) is 11.6. The lowest BCUT2D eigenvalue weighted by molar-refractivity contribution is 0.0696. The van der Waals surface area contributed by atoms with Crippen LogP contribution in [0, 0.1) is 6.92 Å². The third-order valence-electron chi connectivity index (χ3n) is 2.25. The molecule has 2 rings (SSSR count). The Balaban J connectivity index is 1.97. The molecule has 0 amide bonds. The minimum absolute atomic E-state index is 0.197. The Kier molecular flexibility index (Phi) is 3.39. The van der Waals surface area contributed by atoms with Gasteiger partial charge in [0.25, 0.3) is 0 Å². The molecule has 5 heteroatoms. The molecule has 0 unspecified atom stereocenters. The number of rotatable bonds is 4. The van der Waals surface area contributed by atoms with Gasteiger partial charge < -0.3 is 10.4 Å². The lowest BCUT2D eigenvalue weighted by Gasteiger charge is -2.03. The molecule has 0 aromatic carbocycles. The van der Waals surface area contributed by atoms with Crippen molar-refractivity contribution in [1.29, 1.82) is 0 Å².